The summed E-state index contributed by atoms with van der Waals surface area (Å²) < 4.78 is 5.74. The van der Waals surface area contributed by atoms with E-state index in [-0.39, 0.29) is 55.6 Å². The van der Waals surface area contributed by atoms with Gasteiger partial charge in [0.15, 0.2) is 5.13 Å². The molecule has 5 heterocycles. The van der Waals surface area contributed by atoms with Gasteiger partial charge in [0.25, 0.3) is 5.91 Å². The third-order valence-corrected chi connectivity index (χ3v) is 14.9. The Morgan fingerprint density at radius 2 is 1.60 bits per heavy atom. The van der Waals surface area contributed by atoms with Crippen molar-refractivity contribution in [2.75, 3.05) is 56.6 Å². The minimum Gasteiger partial charge on any atom is -0.380 e. The smallest absolute Gasteiger partial charge is 0.255 e. The number of likely N-dealkylation sites (tertiary alicyclic amines) is 1. The number of hydrogen-bond acceptors (Lipinski definition) is 13. The van der Waals surface area contributed by atoms with Crippen molar-refractivity contribution in [3.05, 3.63) is 130 Å². The predicted molar refractivity (Wildman–Crippen MR) is 286 cm³/mol. The largest absolute Gasteiger partial charge is 0.380 e. The second kappa shape index (κ2) is 24.2. The highest BCUT2D eigenvalue weighted by atomic mass is 32.1. The van der Waals surface area contributed by atoms with E-state index in [0.29, 0.717) is 69.9 Å². The van der Waals surface area contributed by atoms with Crippen molar-refractivity contribution in [3.63, 3.8) is 0 Å². The second-order valence-corrected chi connectivity index (χ2v) is 21.3. The van der Waals surface area contributed by atoms with Crippen LogP contribution in [-0.4, -0.2) is 117 Å². The molecule has 8 rings (SSSR count). The number of aryl methyl sites for hydroxylation is 2. The highest BCUT2D eigenvalue weighted by Crippen LogP contribution is 2.31. The number of pyridine rings is 1. The fourth-order valence-electron chi connectivity index (χ4n) is 8.90. The maximum atomic E-state index is 14.0. The molecule has 18 heteroatoms. The van der Waals surface area contributed by atoms with E-state index in [1.54, 1.807) is 28.6 Å². The summed E-state index contributed by atoms with van der Waals surface area (Å²) in [5.74, 6) is -1.03. The summed E-state index contributed by atoms with van der Waals surface area (Å²) in [6, 6.07) is 23.8. The molecule has 16 nitrogen and oxygen atoms in total. The van der Waals surface area contributed by atoms with Crippen LogP contribution < -0.4 is 21.3 Å². The van der Waals surface area contributed by atoms with Gasteiger partial charge in [0.1, 0.15) is 12.1 Å². The van der Waals surface area contributed by atoms with Crippen molar-refractivity contribution in [2.24, 2.45) is 5.41 Å². The fourth-order valence-corrected chi connectivity index (χ4v) is 10.4. The number of ether oxygens (including phenoxy) is 1. The monoisotopic (exact) mass is 1020 g/mol. The lowest BCUT2D eigenvalue weighted by atomic mass is 9.85. The van der Waals surface area contributed by atoms with Crippen LogP contribution in [0.4, 0.5) is 16.5 Å². The zero-order valence-electron chi connectivity index (χ0n) is 42.1. The summed E-state index contributed by atoms with van der Waals surface area (Å²) in [6.07, 6.45) is 4.99. The lowest BCUT2D eigenvalue weighted by Gasteiger charge is -2.35. The Labute approximate surface area is 435 Å². The van der Waals surface area contributed by atoms with Crippen LogP contribution in [0.1, 0.15) is 79.2 Å². The molecule has 0 saturated carbocycles. The number of amides is 5. The number of anilines is 3. The maximum absolute atomic E-state index is 14.0. The number of nitrogens with zero attached hydrogens (tertiary/aromatic N) is 6. The zero-order chi connectivity index (χ0) is 51.5. The van der Waals surface area contributed by atoms with Crippen LogP contribution in [0.3, 0.4) is 0 Å². The highest BCUT2D eigenvalue weighted by Gasteiger charge is 2.42. The van der Waals surface area contributed by atoms with Gasteiger partial charge >= 0.3 is 0 Å². The number of benzene rings is 3. The SMILES string of the molecule is Cc1ccc(NC(=O)c2ccc(CN3CCN(C(=O)CCOCCC(=O)NC(C(=O)N4CCCC4C(=O)NCc4ccc(-c5scnc5C)cc4)C(C)(C)C)CC3)cc2)cc1Nc1nc(-c2cccnc2)cs1. The van der Waals surface area contributed by atoms with E-state index in [1.165, 1.54) is 11.3 Å². The Bertz CT molecular complexity index is 2860. The Hall–Kier alpha value is -6.86. The molecular weight excluding hydrogens is 961 g/mol. The first-order valence-electron chi connectivity index (χ1n) is 24.8. The third-order valence-electron chi connectivity index (χ3n) is 13.2. The molecule has 0 spiro atoms. The minimum absolute atomic E-state index is 0.00316. The van der Waals surface area contributed by atoms with E-state index in [0.717, 1.165) is 54.9 Å². The molecule has 5 amide bonds. The van der Waals surface area contributed by atoms with Gasteiger partial charge in [0.2, 0.25) is 23.6 Å². The van der Waals surface area contributed by atoms with E-state index in [9.17, 15) is 24.0 Å². The number of piperazine rings is 1. The van der Waals surface area contributed by atoms with Crippen molar-refractivity contribution < 1.29 is 28.7 Å². The molecule has 0 radical (unpaired) electrons. The Kier molecular flexibility index (Phi) is 17.4. The van der Waals surface area contributed by atoms with E-state index in [1.807, 2.05) is 129 Å². The normalized spacial score (nSPS) is 15.4. The number of aromatic nitrogens is 3. The molecular formula is C55H64N10O6S2. The predicted octanol–water partition coefficient (Wildman–Crippen LogP) is 8.22. The van der Waals surface area contributed by atoms with Gasteiger partial charge in [-0.3, -0.25) is 33.9 Å². The molecule has 2 aliphatic rings. The van der Waals surface area contributed by atoms with Gasteiger partial charge < -0.3 is 35.8 Å². The molecule has 3 aromatic heterocycles. The van der Waals surface area contributed by atoms with Crippen molar-refractivity contribution in [2.45, 2.75) is 85.5 Å². The summed E-state index contributed by atoms with van der Waals surface area (Å²) in [4.78, 5) is 87.1. The summed E-state index contributed by atoms with van der Waals surface area (Å²) >= 11 is 3.09. The maximum Gasteiger partial charge on any atom is 0.255 e. The summed E-state index contributed by atoms with van der Waals surface area (Å²) in [5.41, 5.74) is 10.2. The Balaban J connectivity index is 0.713. The number of thiazole rings is 2. The summed E-state index contributed by atoms with van der Waals surface area (Å²) in [6.45, 7) is 14.0. The lowest BCUT2D eigenvalue weighted by Crippen LogP contribution is -2.57. The van der Waals surface area contributed by atoms with Crippen molar-refractivity contribution in [1.29, 1.82) is 0 Å². The van der Waals surface area contributed by atoms with E-state index in [4.69, 9.17) is 9.72 Å². The van der Waals surface area contributed by atoms with E-state index < -0.39 is 17.5 Å². The van der Waals surface area contributed by atoms with Crippen LogP contribution >= 0.6 is 22.7 Å². The first-order chi connectivity index (χ1) is 35.2. The van der Waals surface area contributed by atoms with Gasteiger partial charge in [0.05, 0.1) is 41.4 Å². The van der Waals surface area contributed by atoms with Crippen molar-refractivity contribution in [1.82, 2.24) is 40.3 Å². The van der Waals surface area contributed by atoms with Gasteiger partial charge in [-0.25, -0.2) is 9.97 Å². The minimum atomic E-state index is -0.839. The molecule has 0 bridgehead atoms. The molecule has 2 unspecified atom stereocenters. The van der Waals surface area contributed by atoms with Gasteiger partial charge in [-0.2, -0.15) is 0 Å². The average Bonchev–Trinajstić information content (AvgIpc) is 4.18. The molecule has 2 fully saturated rings. The van der Waals surface area contributed by atoms with Crippen LogP contribution in [-0.2, 0) is 37.0 Å². The van der Waals surface area contributed by atoms with Crippen LogP contribution in [0.15, 0.2) is 102 Å². The van der Waals surface area contributed by atoms with Crippen molar-refractivity contribution >= 4 is 68.7 Å². The van der Waals surface area contributed by atoms with E-state index >= 15 is 0 Å². The first kappa shape index (κ1) is 52.5. The fraction of sp³-hybridized carbons (Fsp3) is 0.382. The summed E-state index contributed by atoms with van der Waals surface area (Å²) in [5, 5.41) is 15.1. The first-order valence-corrected chi connectivity index (χ1v) is 26.5. The quantitative estimate of drug-likeness (QED) is 0.0572. The molecule has 2 atom stereocenters. The molecule has 3 aromatic carbocycles. The molecule has 382 valence electrons. The Morgan fingerprint density at radius 1 is 0.849 bits per heavy atom. The molecule has 73 heavy (non-hydrogen) atoms. The average molecular weight is 1030 g/mol. The van der Waals surface area contributed by atoms with E-state index in [2.05, 4.69) is 36.1 Å². The third kappa shape index (κ3) is 14.0. The molecule has 6 aromatic rings. The number of hydrogen-bond donors (Lipinski definition) is 4. The van der Waals surface area contributed by atoms with Gasteiger partial charge in [-0.15, -0.1) is 22.7 Å². The summed E-state index contributed by atoms with van der Waals surface area (Å²) in [7, 11) is 0. The van der Waals surface area contributed by atoms with Gasteiger partial charge in [-0.05, 0) is 90.8 Å². The topological polar surface area (TPSA) is 191 Å². The second-order valence-electron chi connectivity index (χ2n) is 19.6. The Morgan fingerprint density at radius 3 is 2.32 bits per heavy atom. The molecule has 0 aliphatic carbocycles. The van der Waals surface area contributed by atoms with Crippen LogP contribution in [0.2, 0.25) is 0 Å². The van der Waals surface area contributed by atoms with Crippen molar-refractivity contribution in [3.8, 4) is 21.7 Å². The van der Waals surface area contributed by atoms with Crippen LogP contribution in [0, 0.1) is 19.3 Å². The molecule has 4 N–H and O–H groups in total. The molecule has 2 saturated heterocycles. The highest BCUT2D eigenvalue weighted by molar-refractivity contribution is 7.14. The van der Waals surface area contributed by atoms with Crippen LogP contribution in [0.25, 0.3) is 21.7 Å². The number of rotatable bonds is 19. The standard InChI is InChI=1S/C55H64N10O6S2/c1-36-10-19-43(30-44(36)60-54-61-45(34-72-54)42-8-6-22-56-32-42)59-51(68)41-17-13-39(14-18-41)33-63-24-26-64(27-25-63)48(67)21-29-71-28-20-47(66)62-50(55(3,4)5)53(70)65-23-7-9-46(65)52(69)57-31-38-11-15-40(16-12-38)49-37(2)58-35-73-49/h6,8,10-19,22,30,32,34-35,46,50H,7,9,20-21,23-29,31,33H2,1-5H3,(H,57,69)(H,59,68)(H,60,61)(H,62,66). The number of nitrogens with one attached hydrogen (secondary N) is 4. The number of carbonyl (C=O) groups is 5. The zero-order valence-corrected chi connectivity index (χ0v) is 43.7. The molecule has 2 aliphatic heterocycles. The van der Waals surface area contributed by atoms with Gasteiger partial charge in [-0.1, -0.05) is 63.2 Å². The lowest BCUT2D eigenvalue weighted by molar-refractivity contribution is -0.144. The van der Waals surface area contributed by atoms with Gasteiger partial charge in [0, 0.05) is 92.5 Å². The number of carbonyl (C=O) groups excluding carboxylic acids is 5. The van der Waals surface area contributed by atoms with Crippen LogP contribution in [0.5, 0.6) is 0 Å².